The Labute approximate surface area is 69.6 Å². The lowest BCUT2D eigenvalue weighted by molar-refractivity contribution is 0.542. The van der Waals surface area contributed by atoms with Crippen molar-refractivity contribution < 1.29 is 0 Å². The van der Waals surface area contributed by atoms with E-state index < -0.39 is 0 Å². The number of hydrogen-bond acceptors (Lipinski definition) is 2. The predicted octanol–water partition coefficient (Wildman–Crippen LogP) is 1.93. The Kier molecular flexibility index (Phi) is 7.18. The molecule has 1 N–H and O–H groups in total. The summed E-state index contributed by atoms with van der Waals surface area (Å²) in [6.07, 6.45) is 3.38. The van der Waals surface area contributed by atoms with Crippen molar-refractivity contribution in [1.29, 1.82) is 5.26 Å². The van der Waals surface area contributed by atoms with E-state index in [1.165, 1.54) is 12.8 Å². The molecule has 0 aromatic heterocycles. The van der Waals surface area contributed by atoms with Crippen LogP contribution in [-0.2, 0) is 0 Å². The molecule has 0 aliphatic rings. The van der Waals surface area contributed by atoms with Crippen molar-refractivity contribution >= 4 is 0 Å². The van der Waals surface area contributed by atoms with Crippen molar-refractivity contribution in [2.75, 3.05) is 13.1 Å². The van der Waals surface area contributed by atoms with E-state index >= 15 is 0 Å². The molecule has 0 aliphatic heterocycles. The monoisotopic (exact) mass is 154 g/mol. The van der Waals surface area contributed by atoms with Gasteiger partial charge in [-0.05, 0) is 19.4 Å². The number of nitrogens with one attached hydrogen (secondary N) is 1. The molecule has 0 aromatic rings. The van der Waals surface area contributed by atoms with Gasteiger partial charge in [0.1, 0.15) is 0 Å². The summed E-state index contributed by atoms with van der Waals surface area (Å²) in [7, 11) is 0. The van der Waals surface area contributed by atoms with E-state index in [9.17, 15) is 0 Å². The van der Waals surface area contributed by atoms with E-state index in [0.29, 0.717) is 0 Å². The van der Waals surface area contributed by atoms with E-state index in [0.717, 1.165) is 19.5 Å². The lowest BCUT2D eigenvalue weighted by Gasteiger charge is -2.06. The highest BCUT2D eigenvalue weighted by atomic mass is 14.8. The molecule has 0 radical (unpaired) electrons. The lowest BCUT2D eigenvalue weighted by atomic mass is 10.1. The van der Waals surface area contributed by atoms with Crippen LogP contribution in [0, 0.1) is 17.2 Å². The molecule has 1 unspecified atom stereocenters. The second-order valence-electron chi connectivity index (χ2n) is 2.79. The van der Waals surface area contributed by atoms with Crippen LogP contribution in [-0.4, -0.2) is 13.1 Å². The second kappa shape index (κ2) is 7.56. The Hall–Kier alpha value is -0.550. The molecule has 0 amide bonds. The molecule has 2 heteroatoms. The van der Waals surface area contributed by atoms with Crippen molar-refractivity contribution in [2.45, 2.75) is 33.1 Å². The molecule has 0 heterocycles. The maximum Gasteiger partial charge on any atom is 0.0669 e. The minimum atomic E-state index is 0.201. The molecule has 0 saturated carbocycles. The maximum absolute atomic E-state index is 8.59. The van der Waals surface area contributed by atoms with Crippen molar-refractivity contribution in [1.82, 2.24) is 5.32 Å². The van der Waals surface area contributed by atoms with Crippen LogP contribution >= 0.6 is 0 Å². The molecule has 0 rings (SSSR count). The summed E-state index contributed by atoms with van der Waals surface area (Å²) in [4.78, 5) is 0. The largest absolute Gasteiger partial charge is 0.315 e. The molecule has 0 fully saturated rings. The summed E-state index contributed by atoms with van der Waals surface area (Å²) in [5.74, 6) is 0.201. The molecule has 2 nitrogen and oxygen atoms in total. The van der Waals surface area contributed by atoms with Gasteiger partial charge in [0.05, 0.1) is 12.0 Å². The fourth-order valence-corrected chi connectivity index (χ4v) is 0.859. The molecule has 0 spiro atoms. The van der Waals surface area contributed by atoms with Gasteiger partial charge in [-0.1, -0.05) is 20.3 Å². The lowest BCUT2D eigenvalue weighted by Crippen LogP contribution is -2.22. The zero-order valence-electron chi connectivity index (χ0n) is 7.56. The second-order valence-corrected chi connectivity index (χ2v) is 2.79. The molecule has 0 bridgehead atoms. The van der Waals surface area contributed by atoms with Crippen LogP contribution in [0.15, 0.2) is 0 Å². The first-order valence-electron chi connectivity index (χ1n) is 4.45. The van der Waals surface area contributed by atoms with E-state index in [1.807, 2.05) is 0 Å². The summed E-state index contributed by atoms with van der Waals surface area (Å²) < 4.78 is 0. The highest BCUT2D eigenvalue weighted by molar-refractivity contribution is 4.82. The highest BCUT2D eigenvalue weighted by Crippen LogP contribution is 1.97. The number of hydrogen-bond donors (Lipinski definition) is 1. The van der Waals surface area contributed by atoms with Crippen LogP contribution in [0.5, 0.6) is 0 Å². The number of unbranched alkanes of at least 4 members (excludes halogenated alkanes) is 1. The average Bonchev–Trinajstić information content (AvgIpc) is 2.05. The molecule has 0 aliphatic carbocycles. The van der Waals surface area contributed by atoms with Gasteiger partial charge >= 0.3 is 0 Å². The van der Waals surface area contributed by atoms with E-state index in [4.69, 9.17) is 5.26 Å². The Morgan fingerprint density at radius 3 is 2.64 bits per heavy atom. The van der Waals surface area contributed by atoms with E-state index in [-0.39, 0.29) is 5.92 Å². The molecule has 0 saturated heterocycles. The molecule has 11 heavy (non-hydrogen) atoms. The number of nitrogens with zero attached hydrogens (tertiary/aromatic N) is 1. The minimum Gasteiger partial charge on any atom is -0.315 e. The number of nitriles is 1. The highest BCUT2D eigenvalue weighted by Gasteiger charge is 2.01. The summed E-state index contributed by atoms with van der Waals surface area (Å²) in [6.45, 7) is 6.13. The first-order chi connectivity index (χ1) is 5.35. The summed E-state index contributed by atoms with van der Waals surface area (Å²) in [6, 6.07) is 2.27. The van der Waals surface area contributed by atoms with Crippen LogP contribution in [0.2, 0.25) is 0 Å². The Morgan fingerprint density at radius 1 is 1.45 bits per heavy atom. The minimum absolute atomic E-state index is 0.201. The SMILES string of the molecule is CCCCNCC(C#N)CC. The third kappa shape index (κ3) is 5.87. The quantitative estimate of drug-likeness (QED) is 0.593. The summed E-state index contributed by atoms with van der Waals surface area (Å²) in [5.41, 5.74) is 0. The van der Waals surface area contributed by atoms with Gasteiger partial charge in [-0.2, -0.15) is 5.26 Å². The van der Waals surface area contributed by atoms with Gasteiger partial charge in [0.15, 0.2) is 0 Å². The van der Waals surface area contributed by atoms with Crippen LogP contribution in [0.3, 0.4) is 0 Å². The van der Waals surface area contributed by atoms with Gasteiger partial charge in [0.25, 0.3) is 0 Å². The van der Waals surface area contributed by atoms with Crippen molar-refractivity contribution in [3.63, 3.8) is 0 Å². The zero-order chi connectivity index (χ0) is 8.53. The topological polar surface area (TPSA) is 35.8 Å². The van der Waals surface area contributed by atoms with E-state index in [2.05, 4.69) is 25.2 Å². The normalized spacial score (nSPS) is 12.5. The first kappa shape index (κ1) is 10.4. The molecule has 64 valence electrons. The van der Waals surface area contributed by atoms with Gasteiger partial charge in [0, 0.05) is 6.54 Å². The molecular formula is C9H18N2. The smallest absolute Gasteiger partial charge is 0.0669 e. The molecular weight excluding hydrogens is 136 g/mol. The van der Waals surface area contributed by atoms with Crippen LogP contribution in [0.25, 0.3) is 0 Å². The zero-order valence-corrected chi connectivity index (χ0v) is 7.56. The van der Waals surface area contributed by atoms with E-state index in [1.54, 1.807) is 0 Å². The fraction of sp³-hybridized carbons (Fsp3) is 0.889. The third-order valence-corrected chi connectivity index (χ3v) is 1.77. The number of rotatable bonds is 6. The standard InChI is InChI=1S/C9H18N2/c1-3-5-6-11-8-9(4-2)7-10/h9,11H,3-6,8H2,1-2H3. The molecule has 0 aromatic carbocycles. The van der Waals surface area contributed by atoms with Gasteiger partial charge in [-0.15, -0.1) is 0 Å². The van der Waals surface area contributed by atoms with Crippen molar-refractivity contribution in [2.24, 2.45) is 5.92 Å². The Bertz CT molecular complexity index is 115. The van der Waals surface area contributed by atoms with Crippen LogP contribution in [0.4, 0.5) is 0 Å². The maximum atomic E-state index is 8.59. The average molecular weight is 154 g/mol. The summed E-state index contributed by atoms with van der Waals surface area (Å²) >= 11 is 0. The van der Waals surface area contributed by atoms with Crippen molar-refractivity contribution in [3.05, 3.63) is 0 Å². The van der Waals surface area contributed by atoms with Crippen molar-refractivity contribution in [3.8, 4) is 6.07 Å². The fourth-order valence-electron chi connectivity index (χ4n) is 0.859. The van der Waals surface area contributed by atoms with Gasteiger partial charge in [0.2, 0.25) is 0 Å². The Morgan fingerprint density at radius 2 is 2.18 bits per heavy atom. The van der Waals surface area contributed by atoms with Crippen LogP contribution < -0.4 is 5.32 Å². The first-order valence-corrected chi connectivity index (χ1v) is 4.45. The predicted molar refractivity (Wildman–Crippen MR) is 47.2 cm³/mol. The molecule has 1 atom stereocenters. The van der Waals surface area contributed by atoms with Gasteiger partial charge in [-0.3, -0.25) is 0 Å². The third-order valence-electron chi connectivity index (χ3n) is 1.77. The van der Waals surface area contributed by atoms with Gasteiger partial charge < -0.3 is 5.32 Å². The van der Waals surface area contributed by atoms with Gasteiger partial charge in [-0.25, -0.2) is 0 Å². The van der Waals surface area contributed by atoms with Crippen LogP contribution in [0.1, 0.15) is 33.1 Å². The Balaban J connectivity index is 3.16. The summed E-state index contributed by atoms with van der Waals surface area (Å²) in [5, 5.41) is 11.9.